The second-order valence-electron chi connectivity index (χ2n) is 7.72. The SMILES string of the molecule is Cc1nc(-c2cc(S(=O)(=O)NC3CC3)c(C)n2C)sc1C(=O)N1CCCCC1. The highest BCUT2D eigenvalue weighted by atomic mass is 32.2. The smallest absolute Gasteiger partial charge is 0.265 e. The number of aromatic nitrogens is 2. The molecule has 9 heteroatoms. The number of likely N-dealkylation sites (tertiary alicyclic amines) is 1. The van der Waals surface area contributed by atoms with E-state index in [0.29, 0.717) is 21.3 Å². The monoisotopic (exact) mass is 422 g/mol. The Morgan fingerprint density at radius 2 is 1.89 bits per heavy atom. The summed E-state index contributed by atoms with van der Waals surface area (Å²) in [5.74, 6) is 0.0372. The molecule has 2 aromatic heterocycles. The average Bonchev–Trinajstić information content (AvgIpc) is 3.31. The van der Waals surface area contributed by atoms with Gasteiger partial charge in [0.15, 0.2) is 0 Å². The van der Waals surface area contributed by atoms with Gasteiger partial charge in [-0.2, -0.15) is 0 Å². The number of piperidine rings is 1. The van der Waals surface area contributed by atoms with Gasteiger partial charge >= 0.3 is 0 Å². The van der Waals surface area contributed by atoms with Crippen LogP contribution in [0.2, 0.25) is 0 Å². The number of aryl methyl sites for hydroxylation is 1. The predicted octanol–water partition coefficient (Wildman–Crippen LogP) is 2.83. The minimum atomic E-state index is -3.54. The predicted molar refractivity (Wildman–Crippen MR) is 109 cm³/mol. The molecule has 3 heterocycles. The van der Waals surface area contributed by atoms with Crippen LogP contribution in [0.1, 0.15) is 53.2 Å². The Morgan fingerprint density at radius 3 is 2.54 bits per heavy atom. The lowest BCUT2D eigenvalue weighted by atomic mass is 10.1. The maximum atomic E-state index is 12.9. The van der Waals surface area contributed by atoms with Gasteiger partial charge in [-0.1, -0.05) is 0 Å². The van der Waals surface area contributed by atoms with Crippen molar-refractivity contribution < 1.29 is 13.2 Å². The van der Waals surface area contributed by atoms with Crippen molar-refractivity contribution >= 4 is 27.3 Å². The van der Waals surface area contributed by atoms with Crippen LogP contribution in [0.25, 0.3) is 10.7 Å². The third kappa shape index (κ3) is 3.62. The first-order valence-corrected chi connectivity index (χ1v) is 12.0. The van der Waals surface area contributed by atoms with Crippen molar-refractivity contribution in [2.75, 3.05) is 13.1 Å². The first-order chi connectivity index (χ1) is 13.3. The van der Waals surface area contributed by atoms with Gasteiger partial charge in [-0.15, -0.1) is 11.3 Å². The van der Waals surface area contributed by atoms with Gasteiger partial charge < -0.3 is 9.47 Å². The molecule has 2 aromatic rings. The van der Waals surface area contributed by atoms with Crippen molar-refractivity contribution in [3.05, 3.63) is 22.3 Å². The van der Waals surface area contributed by atoms with E-state index in [1.165, 1.54) is 17.8 Å². The van der Waals surface area contributed by atoms with Gasteiger partial charge in [0.25, 0.3) is 5.91 Å². The Kier molecular flexibility index (Phi) is 5.09. The van der Waals surface area contributed by atoms with Crippen molar-refractivity contribution in [2.24, 2.45) is 7.05 Å². The summed E-state index contributed by atoms with van der Waals surface area (Å²) >= 11 is 1.35. The van der Waals surface area contributed by atoms with Crippen LogP contribution in [0.15, 0.2) is 11.0 Å². The summed E-state index contributed by atoms with van der Waals surface area (Å²) in [6.45, 7) is 5.23. The Labute approximate surface area is 169 Å². The summed E-state index contributed by atoms with van der Waals surface area (Å²) < 4.78 is 30.0. The number of thiazole rings is 1. The minimum absolute atomic E-state index is 0.0372. The Hall–Kier alpha value is -1.71. The van der Waals surface area contributed by atoms with Crippen molar-refractivity contribution in [1.29, 1.82) is 0 Å². The molecule has 1 saturated heterocycles. The number of rotatable bonds is 5. The van der Waals surface area contributed by atoms with Crippen LogP contribution in [-0.2, 0) is 17.1 Å². The number of hydrogen-bond acceptors (Lipinski definition) is 5. The Bertz CT molecular complexity index is 1010. The van der Waals surface area contributed by atoms with Crippen molar-refractivity contribution in [3.8, 4) is 10.7 Å². The number of sulfonamides is 1. The fourth-order valence-corrected chi connectivity index (χ4v) is 6.26. The molecule has 1 aliphatic heterocycles. The van der Waals surface area contributed by atoms with E-state index in [0.717, 1.165) is 44.5 Å². The van der Waals surface area contributed by atoms with Gasteiger partial charge in [0.1, 0.15) is 14.8 Å². The number of carbonyl (C=O) groups is 1. The van der Waals surface area contributed by atoms with Crippen LogP contribution in [0.4, 0.5) is 0 Å². The summed E-state index contributed by atoms with van der Waals surface area (Å²) in [5.41, 5.74) is 2.09. The molecule has 1 N–H and O–H groups in total. The van der Waals surface area contributed by atoms with Crippen LogP contribution in [-0.4, -0.2) is 47.9 Å². The molecule has 152 valence electrons. The number of nitrogens with one attached hydrogen (secondary N) is 1. The van der Waals surface area contributed by atoms with E-state index in [1.54, 1.807) is 13.0 Å². The maximum Gasteiger partial charge on any atom is 0.265 e. The molecule has 0 spiro atoms. The molecule has 0 bridgehead atoms. The van der Waals surface area contributed by atoms with Crippen LogP contribution >= 0.6 is 11.3 Å². The van der Waals surface area contributed by atoms with Crippen LogP contribution in [0.5, 0.6) is 0 Å². The second kappa shape index (κ2) is 7.27. The van der Waals surface area contributed by atoms with Gasteiger partial charge in [0, 0.05) is 31.9 Å². The second-order valence-corrected chi connectivity index (χ2v) is 10.4. The van der Waals surface area contributed by atoms with E-state index in [1.807, 2.05) is 23.4 Å². The molecule has 1 saturated carbocycles. The summed E-state index contributed by atoms with van der Waals surface area (Å²) in [4.78, 5) is 20.3. The number of hydrogen-bond donors (Lipinski definition) is 1. The normalized spacial score (nSPS) is 17.9. The molecular formula is C19H26N4O3S2. The highest BCUT2D eigenvalue weighted by molar-refractivity contribution is 7.89. The minimum Gasteiger partial charge on any atom is -0.345 e. The molecule has 1 aliphatic carbocycles. The van der Waals surface area contributed by atoms with Crippen LogP contribution in [0.3, 0.4) is 0 Å². The largest absolute Gasteiger partial charge is 0.345 e. The molecule has 2 aliphatic rings. The third-order valence-corrected chi connectivity index (χ3v) is 8.33. The molecular weight excluding hydrogens is 396 g/mol. The van der Waals surface area contributed by atoms with E-state index in [4.69, 9.17) is 0 Å². The summed E-state index contributed by atoms with van der Waals surface area (Å²) in [6.07, 6.45) is 5.05. The summed E-state index contributed by atoms with van der Waals surface area (Å²) in [6, 6.07) is 1.73. The van der Waals surface area contributed by atoms with Gasteiger partial charge in [0.2, 0.25) is 10.0 Å². The molecule has 0 aromatic carbocycles. The maximum absolute atomic E-state index is 12.9. The molecule has 0 radical (unpaired) electrons. The van der Waals surface area contributed by atoms with E-state index in [-0.39, 0.29) is 16.8 Å². The first-order valence-electron chi connectivity index (χ1n) is 9.73. The topological polar surface area (TPSA) is 84.3 Å². The number of nitrogens with zero attached hydrogens (tertiary/aromatic N) is 3. The Morgan fingerprint density at radius 1 is 1.21 bits per heavy atom. The van der Waals surface area contributed by atoms with E-state index in [2.05, 4.69) is 9.71 Å². The van der Waals surface area contributed by atoms with E-state index >= 15 is 0 Å². The molecule has 0 atom stereocenters. The highest BCUT2D eigenvalue weighted by Gasteiger charge is 2.31. The lowest BCUT2D eigenvalue weighted by Crippen LogP contribution is -2.35. The lowest BCUT2D eigenvalue weighted by Gasteiger charge is -2.26. The lowest BCUT2D eigenvalue weighted by molar-refractivity contribution is 0.0728. The Balaban J connectivity index is 1.66. The number of amides is 1. The highest BCUT2D eigenvalue weighted by Crippen LogP contribution is 2.34. The molecule has 0 unspecified atom stereocenters. The fraction of sp³-hybridized carbons (Fsp3) is 0.579. The summed E-state index contributed by atoms with van der Waals surface area (Å²) in [5, 5.41) is 0.677. The van der Waals surface area contributed by atoms with E-state index in [9.17, 15) is 13.2 Å². The van der Waals surface area contributed by atoms with Gasteiger partial charge in [-0.05, 0) is 52.0 Å². The van der Waals surface area contributed by atoms with Gasteiger partial charge in [-0.25, -0.2) is 18.1 Å². The van der Waals surface area contributed by atoms with Crippen molar-refractivity contribution in [1.82, 2.24) is 19.2 Å². The molecule has 2 fully saturated rings. The van der Waals surface area contributed by atoms with Crippen molar-refractivity contribution in [2.45, 2.75) is 56.9 Å². The molecule has 4 rings (SSSR count). The third-order valence-electron chi connectivity index (χ3n) is 5.53. The zero-order chi connectivity index (χ0) is 20.1. The van der Waals surface area contributed by atoms with Crippen LogP contribution < -0.4 is 4.72 Å². The number of carbonyl (C=O) groups excluding carboxylic acids is 1. The van der Waals surface area contributed by atoms with Crippen molar-refractivity contribution in [3.63, 3.8) is 0 Å². The molecule has 1 amide bonds. The average molecular weight is 423 g/mol. The standard InChI is InChI=1S/C19H26N4O3S2/c1-12-17(19(24)23-9-5-4-6-10-23)27-18(20-12)15-11-16(13(2)22(15)3)28(25,26)21-14-7-8-14/h11,14,21H,4-10H2,1-3H3. The summed E-state index contributed by atoms with van der Waals surface area (Å²) in [7, 11) is -1.71. The quantitative estimate of drug-likeness (QED) is 0.803. The van der Waals surface area contributed by atoms with Gasteiger partial charge in [-0.3, -0.25) is 4.79 Å². The fourth-order valence-electron chi connectivity index (χ4n) is 3.58. The first kappa shape index (κ1) is 19.6. The van der Waals surface area contributed by atoms with Gasteiger partial charge in [0.05, 0.1) is 11.4 Å². The van der Waals surface area contributed by atoms with E-state index < -0.39 is 10.0 Å². The zero-order valence-electron chi connectivity index (χ0n) is 16.5. The zero-order valence-corrected chi connectivity index (χ0v) is 18.1. The van der Waals surface area contributed by atoms with Crippen LogP contribution in [0, 0.1) is 13.8 Å². The molecule has 28 heavy (non-hydrogen) atoms. The molecule has 7 nitrogen and oxygen atoms in total.